The molecule has 160 valence electrons. The van der Waals surface area contributed by atoms with Crippen LogP contribution in [-0.2, 0) is 9.59 Å². The third kappa shape index (κ3) is 5.72. The Kier molecular flexibility index (Phi) is 7.27. The predicted molar refractivity (Wildman–Crippen MR) is 114 cm³/mol. The van der Waals surface area contributed by atoms with E-state index in [0.717, 1.165) is 5.69 Å². The van der Waals surface area contributed by atoms with Crippen molar-refractivity contribution in [1.29, 1.82) is 0 Å². The summed E-state index contributed by atoms with van der Waals surface area (Å²) in [6.45, 7) is 6.11. The van der Waals surface area contributed by atoms with Crippen molar-refractivity contribution < 1.29 is 18.7 Å². The van der Waals surface area contributed by atoms with Crippen molar-refractivity contribution >= 4 is 17.5 Å². The van der Waals surface area contributed by atoms with Crippen LogP contribution < -0.4 is 15.0 Å². The molecule has 6 nitrogen and oxygen atoms in total. The molecule has 0 saturated carbocycles. The van der Waals surface area contributed by atoms with Gasteiger partial charge in [-0.15, -0.1) is 0 Å². The molecule has 1 heterocycles. The van der Waals surface area contributed by atoms with Crippen molar-refractivity contribution in [2.24, 2.45) is 5.92 Å². The minimum atomic E-state index is -0.603. The first-order chi connectivity index (χ1) is 14.4. The van der Waals surface area contributed by atoms with Gasteiger partial charge < -0.3 is 19.9 Å². The zero-order valence-electron chi connectivity index (χ0n) is 17.4. The number of carbonyl (C=O) groups is 2. The van der Waals surface area contributed by atoms with Crippen molar-refractivity contribution in [3.8, 4) is 5.75 Å². The maximum atomic E-state index is 13.1. The Balaban J connectivity index is 1.52. The number of halogens is 1. The number of anilines is 1. The van der Waals surface area contributed by atoms with Crippen molar-refractivity contribution in [2.75, 3.05) is 37.7 Å². The summed E-state index contributed by atoms with van der Waals surface area (Å²) in [5, 5.41) is 2.82. The van der Waals surface area contributed by atoms with Crippen molar-refractivity contribution in [2.45, 2.75) is 19.9 Å². The molecule has 0 aromatic heterocycles. The average Bonchev–Trinajstić information content (AvgIpc) is 2.77. The standard InChI is InChI=1S/C23H28FN3O3/c1-17(2)22(25-21(28)16-30-20-6-4-3-5-7-20)23(29)27-14-12-26(13-15-27)19-10-8-18(24)9-11-19/h3-11,17,22H,12-16H2,1-2H3,(H,25,28)/t22-/m0/s1. The molecule has 0 radical (unpaired) electrons. The zero-order chi connectivity index (χ0) is 21.5. The highest BCUT2D eigenvalue weighted by atomic mass is 19.1. The third-order valence-corrected chi connectivity index (χ3v) is 5.15. The summed E-state index contributed by atoms with van der Waals surface area (Å²) in [5.74, 6) is -0.114. The normalized spacial score (nSPS) is 15.1. The van der Waals surface area contributed by atoms with Crippen LogP contribution in [0.15, 0.2) is 54.6 Å². The minimum absolute atomic E-state index is 0.0479. The van der Waals surface area contributed by atoms with Crippen LogP contribution in [0.3, 0.4) is 0 Å². The number of carbonyl (C=O) groups excluding carboxylic acids is 2. The van der Waals surface area contributed by atoms with Gasteiger partial charge in [-0.05, 0) is 42.3 Å². The van der Waals surface area contributed by atoms with Gasteiger partial charge in [-0.2, -0.15) is 0 Å². The Morgan fingerprint density at radius 2 is 1.63 bits per heavy atom. The van der Waals surface area contributed by atoms with Crippen LogP contribution in [0, 0.1) is 11.7 Å². The molecule has 0 aliphatic carbocycles. The number of hydrogen-bond donors (Lipinski definition) is 1. The van der Waals surface area contributed by atoms with Gasteiger partial charge in [0, 0.05) is 31.9 Å². The summed E-state index contributed by atoms with van der Waals surface area (Å²) in [4.78, 5) is 29.3. The highest BCUT2D eigenvalue weighted by Crippen LogP contribution is 2.18. The van der Waals surface area contributed by atoms with E-state index < -0.39 is 6.04 Å². The van der Waals surface area contributed by atoms with E-state index in [9.17, 15) is 14.0 Å². The van der Waals surface area contributed by atoms with Crippen molar-refractivity contribution in [1.82, 2.24) is 10.2 Å². The molecule has 1 atom stereocenters. The molecule has 1 fully saturated rings. The monoisotopic (exact) mass is 413 g/mol. The predicted octanol–water partition coefficient (Wildman–Crippen LogP) is 2.69. The van der Waals surface area contributed by atoms with Gasteiger partial charge in [0.05, 0.1) is 0 Å². The number of para-hydroxylation sites is 1. The third-order valence-electron chi connectivity index (χ3n) is 5.15. The Hall–Kier alpha value is -3.09. The number of nitrogens with zero attached hydrogens (tertiary/aromatic N) is 2. The molecule has 0 unspecified atom stereocenters. The number of hydrogen-bond acceptors (Lipinski definition) is 4. The first-order valence-corrected chi connectivity index (χ1v) is 10.2. The number of benzene rings is 2. The van der Waals surface area contributed by atoms with Crippen LogP contribution in [0.1, 0.15) is 13.8 Å². The summed E-state index contributed by atoms with van der Waals surface area (Å²) in [6, 6.07) is 14.9. The van der Waals surface area contributed by atoms with E-state index in [-0.39, 0.29) is 30.2 Å². The minimum Gasteiger partial charge on any atom is -0.484 e. The molecule has 7 heteroatoms. The van der Waals surface area contributed by atoms with Gasteiger partial charge in [-0.25, -0.2) is 4.39 Å². The van der Waals surface area contributed by atoms with Crippen LogP contribution >= 0.6 is 0 Å². The smallest absolute Gasteiger partial charge is 0.258 e. The summed E-state index contributed by atoms with van der Waals surface area (Å²) < 4.78 is 18.6. The van der Waals surface area contributed by atoms with Crippen molar-refractivity contribution in [3.63, 3.8) is 0 Å². The molecule has 1 aliphatic heterocycles. The van der Waals surface area contributed by atoms with Gasteiger partial charge in [0.1, 0.15) is 17.6 Å². The summed E-state index contributed by atoms with van der Waals surface area (Å²) >= 11 is 0. The van der Waals surface area contributed by atoms with Crippen LogP contribution in [-0.4, -0.2) is 55.5 Å². The molecule has 0 spiro atoms. The van der Waals surface area contributed by atoms with E-state index in [0.29, 0.717) is 31.9 Å². The van der Waals surface area contributed by atoms with Crippen molar-refractivity contribution in [3.05, 3.63) is 60.4 Å². The average molecular weight is 413 g/mol. The first-order valence-electron chi connectivity index (χ1n) is 10.2. The van der Waals surface area contributed by atoms with Crippen LogP contribution in [0.5, 0.6) is 5.75 Å². The Bertz CT molecular complexity index is 835. The molecule has 0 bridgehead atoms. The van der Waals surface area contributed by atoms with E-state index in [1.54, 1.807) is 29.2 Å². The lowest BCUT2D eigenvalue weighted by Gasteiger charge is -2.38. The molecule has 1 aliphatic rings. The van der Waals surface area contributed by atoms with E-state index in [4.69, 9.17) is 4.74 Å². The van der Waals surface area contributed by atoms with Crippen LogP contribution in [0.2, 0.25) is 0 Å². The number of rotatable bonds is 7. The lowest BCUT2D eigenvalue weighted by molar-refractivity contribution is -0.138. The van der Waals surface area contributed by atoms with E-state index in [2.05, 4.69) is 10.2 Å². The van der Waals surface area contributed by atoms with Gasteiger partial charge in [0.2, 0.25) is 5.91 Å². The topological polar surface area (TPSA) is 61.9 Å². The molecule has 3 rings (SSSR count). The maximum Gasteiger partial charge on any atom is 0.258 e. The fourth-order valence-electron chi connectivity index (χ4n) is 3.43. The first kappa shape index (κ1) is 21.6. The van der Waals surface area contributed by atoms with E-state index in [1.165, 1.54) is 12.1 Å². The summed E-state index contributed by atoms with van der Waals surface area (Å²) in [6.07, 6.45) is 0. The zero-order valence-corrected chi connectivity index (χ0v) is 17.4. The number of nitrogens with one attached hydrogen (secondary N) is 1. The summed E-state index contributed by atoms with van der Waals surface area (Å²) in [5.41, 5.74) is 0.940. The molecule has 2 aromatic carbocycles. The lowest BCUT2D eigenvalue weighted by atomic mass is 10.0. The Morgan fingerprint density at radius 3 is 2.23 bits per heavy atom. The van der Waals surface area contributed by atoms with Crippen LogP contribution in [0.4, 0.5) is 10.1 Å². The Morgan fingerprint density at radius 1 is 1.00 bits per heavy atom. The molecule has 30 heavy (non-hydrogen) atoms. The second kappa shape index (κ2) is 10.1. The molecule has 1 N–H and O–H groups in total. The Labute approximate surface area is 176 Å². The molecule has 2 aromatic rings. The van der Waals surface area contributed by atoms with Crippen LogP contribution in [0.25, 0.3) is 0 Å². The number of amides is 2. The SMILES string of the molecule is CC(C)[C@H](NC(=O)COc1ccccc1)C(=O)N1CCN(c2ccc(F)cc2)CC1. The largest absolute Gasteiger partial charge is 0.484 e. The maximum absolute atomic E-state index is 13.1. The highest BCUT2D eigenvalue weighted by Gasteiger charge is 2.30. The molecular weight excluding hydrogens is 385 g/mol. The number of ether oxygens (including phenoxy) is 1. The van der Waals surface area contributed by atoms with E-state index in [1.807, 2.05) is 32.0 Å². The lowest BCUT2D eigenvalue weighted by Crippen LogP contribution is -2.57. The van der Waals surface area contributed by atoms with Gasteiger partial charge in [-0.3, -0.25) is 9.59 Å². The van der Waals surface area contributed by atoms with Gasteiger partial charge in [0.15, 0.2) is 6.61 Å². The summed E-state index contributed by atoms with van der Waals surface area (Å²) in [7, 11) is 0. The van der Waals surface area contributed by atoms with Gasteiger partial charge in [-0.1, -0.05) is 32.0 Å². The second-order valence-electron chi connectivity index (χ2n) is 7.68. The number of piperazine rings is 1. The van der Waals surface area contributed by atoms with E-state index >= 15 is 0 Å². The molecule has 2 amide bonds. The fourth-order valence-corrected chi connectivity index (χ4v) is 3.43. The molecular formula is C23H28FN3O3. The molecule has 1 saturated heterocycles. The quantitative estimate of drug-likeness (QED) is 0.758. The fraction of sp³-hybridized carbons (Fsp3) is 0.391. The van der Waals surface area contributed by atoms with Gasteiger partial charge in [0.25, 0.3) is 5.91 Å². The second-order valence-corrected chi connectivity index (χ2v) is 7.68. The van der Waals surface area contributed by atoms with Gasteiger partial charge >= 0.3 is 0 Å². The highest BCUT2D eigenvalue weighted by molar-refractivity contribution is 5.88.